The summed E-state index contributed by atoms with van der Waals surface area (Å²) in [5.41, 5.74) is 6.33. The molecule has 2 aliphatic rings. The van der Waals surface area contributed by atoms with Crippen molar-refractivity contribution in [3.05, 3.63) is 0 Å². The fourth-order valence-electron chi connectivity index (χ4n) is 3.26. The van der Waals surface area contributed by atoms with Crippen LogP contribution in [-0.2, 0) is 4.74 Å². The summed E-state index contributed by atoms with van der Waals surface area (Å²) in [6.45, 7) is 7.74. The minimum Gasteiger partial charge on any atom is -0.374 e. The van der Waals surface area contributed by atoms with Crippen LogP contribution in [0.2, 0.25) is 0 Å². The molecule has 2 rings (SSSR count). The smallest absolute Gasteiger partial charge is 0.0853 e. The Kier molecular flexibility index (Phi) is 4.83. The molecule has 0 aromatic rings. The fourth-order valence-corrected chi connectivity index (χ4v) is 3.26. The van der Waals surface area contributed by atoms with E-state index in [1.807, 2.05) is 0 Å². The van der Waals surface area contributed by atoms with Crippen molar-refractivity contribution in [1.82, 2.24) is 4.90 Å². The van der Waals surface area contributed by atoms with Gasteiger partial charge in [-0.3, -0.25) is 4.90 Å². The van der Waals surface area contributed by atoms with E-state index in [2.05, 4.69) is 18.7 Å². The molecule has 3 atom stereocenters. The largest absolute Gasteiger partial charge is 0.374 e. The maximum atomic E-state index is 6.33. The van der Waals surface area contributed by atoms with Gasteiger partial charge < -0.3 is 10.5 Å². The van der Waals surface area contributed by atoms with Crippen LogP contribution in [0.1, 0.15) is 46.0 Å². The monoisotopic (exact) mass is 240 g/mol. The zero-order chi connectivity index (χ0) is 12.3. The summed E-state index contributed by atoms with van der Waals surface area (Å²) in [6, 6.07) is 0.910. The van der Waals surface area contributed by atoms with Crippen LogP contribution in [0.4, 0.5) is 0 Å². The minimum absolute atomic E-state index is 0.224. The van der Waals surface area contributed by atoms with Gasteiger partial charge in [0.15, 0.2) is 0 Å². The van der Waals surface area contributed by atoms with Gasteiger partial charge in [0.2, 0.25) is 0 Å². The Morgan fingerprint density at radius 1 is 1.35 bits per heavy atom. The molecule has 100 valence electrons. The molecule has 0 spiro atoms. The number of rotatable bonds is 5. The highest BCUT2D eigenvalue weighted by molar-refractivity contribution is 4.89. The van der Waals surface area contributed by atoms with Crippen LogP contribution in [0.3, 0.4) is 0 Å². The van der Waals surface area contributed by atoms with Gasteiger partial charge in [-0.25, -0.2) is 0 Å². The lowest BCUT2D eigenvalue weighted by Gasteiger charge is -2.38. The number of morpholine rings is 1. The highest BCUT2D eigenvalue weighted by Crippen LogP contribution is 2.25. The molecule has 0 amide bonds. The van der Waals surface area contributed by atoms with Gasteiger partial charge in [0.1, 0.15) is 0 Å². The molecule has 0 radical (unpaired) electrons. The minimum atomic E-state index is 0.224. The first-order valence-corrected chi connectivity index (χ1v) is 7.35. The van der Waals surface area contributed by atoms with Crippen LogP contribution < -0.4 is 5.73 Å². The maximum absolute atomic E-state index is 6.33. The van der Waals surface area contributed by atoms with Gasteiger partial charge in [-0.2, -0.15) is 0 Å². The third-order valence-corrected chi connectivity index (χ3v) is 4.65. The lowest BCUT2D eigenvalue weighted by atomic mass is 9.92. The summed E-state index contributed by atoms with van der Waals surface area (Å²) in [7, 11) is 0. The zero-order valence-corrected chi connectivity index (χ0v) is 11.4. The lowest BCUT2D eigenvalue weighted by Crippen LogP contribution is -2.53. The van der Waals surface area contributed by atoms with Gasteiger partial charge >= 0.3 is 0 Å². The van der Waals surface area contributed by atoms with Crippen molar-refractivity contribution in [3.63, 3.8) is 0 Å². The summed E-state index contributed by atoms with van der Waals surface area (Å²) >= 11 is 0. The topological polar surface area (TPSA) is 38.5 Å². The number of hydrogen-bond acceptors (Lipinski definition) is 3. The third-order valence-electron chi connectivity index (χ3n) is 4.65. The molecule has 2 fully saturated rings. The van der Waals surface area contributed by atoms with Gasteiger partial charge in [0, 0.05) is 18.6 Å². The van der Waals surface area contributed by atoms with Crippen LogP contribution >= 0.6 is 0 Å². The molecule has 2 aliphatic heterocycles. The molecule has 2 N–H and O–H groups in total. The van der Waals surface area contributed by atoms with E-state index in [1.54, 1.807) is 0 Å². The molecular weight excluding hydrogens is 212 g/mol. The van der Waals surface area contributed by atoms with Crippen molar-refractivity contribution in [2.75, 3.05) is 19.7 Å². The molecule has 17 heavy (non-hydrogen) atoms. The van der Waals surface area contributed by atoms with Crippen LogP contribution in [-0.4, -0.2) is 42.8 Å². The second kappa shape index (κ2) is 6.17. The molecule has 3 heteroatoms. The molecule has 0 bridgehead atoms. The first kappa shape index (κ1) is 13.3. The Bertz CT molecular complexity index is 230. The SMILES string of the molecule is CCC(CC)CC(N)C1CN2CCCC2CO1. The van der Waals surface area contributed by atoms with E-state index in [-0.39, 0.29) is 12.1 Å². The summed E-state index contributed by atoms with van der Waals surface area (Å²) in [5, 5.41) is 0. The van der Waals surface area contributed by atoms with Crippen LogP contribution in [0.25, 0.3) is 0 Å². The van der Waals surface area contributed by atoms with Gasteiger partial charge in [0.05, 0.1) is 12.7 Å². The number of ether oxygens (including phenoxy) is 1. The van der Waals surface area contributed by atoms with E-state index in [0.717, 1.165) is 25.5 Å². The first-order chi connectivity index (χ1) is 8.24. The summed E-state index contributed by atoms with van der Waals surface area (Å²) < 4.78 is 5.98. The van der Waals surface area contributed by atoms with E-state index >= 15 is 0 Å². The maximum Gasteiger partial charge on any atom is 0.0853 e. The second-order valence-electron chi connectivity index (χ2n) is 5.74. The zero-order valence-electron chi connectivity index (χ0n) is 11.4. The summed E-state index contributed by atoms with van der Waals surface area (Å²) in [5.74, 6) is 0.768. The van der Waals surface area contributed by atoms with Crippen LogP contribution in [0, 0.1) is 5.92 Å². The Labute approximate surface area is 106 Å². The fraction of sp³-hybridized carbons (Fsp3) is 1.00. The van der Waals surface area contributed by atoms with E-state index in [0.29, 0.717) is 6.04 Å². The molecule has 0 aromatic heterocycles. The number of fused-ring (bicyclic) bond motifs is 1. The standard InChI is InChI=1S/C14H28N2O/c1-3-11(4-2)8-13(15)14-9-16-7-5-6-12(16)10-17-14/h11-14H,3-10,15H2,1-2H3. The first-order valence-electron chi connectivity index (χ1n) is 7.35. The van der Waals surface area contributed by atoms with Crippen molar-refractivity contribution >= 4 is 0 Å². The van der Waals surface area contributed by atoms with Gasteiger partial charge in [-0.1, -0.05) is 26.7 Å². The molecule has 2 heterocycles. The van der Waals surface area contributed by atoms with E-state index in [1.165, 1.54) is 32.2 Å². The number of hydrogen-bond donors (Lipinski definition) is 1. The number of nitrogens with zero attached hydrogens (tertiary/aromatic N) is 1. The normalized spacial score (nSPS) is 31.8. The molecule has 2 saturated heterocycles. The summed E-state index contributed by atoms with van der Waals surface area (Å²) in [4.78, 5) is 2.58. The lowest BCUT2D eigenvalue weighted by molar-refractivity contribution is -0.0619. The summed E-state index contributed by atoms with van der Waals surface area (Å²) in [6.07, 6.45) is 6.52. The van der Waals surface area contributed by atoms with Crippen LogP contribution in [0.5, 0.6) is 0 Å². The van der Waals surface area contributed by atoms with Crippen molar-refractivity contribution in [2.24, 2.45) is 11.7 Å². The average Bonchev–Trinajstić information content (AvgIpc) is 2.82. The molecule has 3 unspecified atom stereocenters. The highest BCUT2D eigenvalue weighted by atomic mass is 16.5. The van der Waals surface area contributed by atoms with E-state index in [4.69, 9.17) is 10.5 Å². The van der Waals surface area contributed by atoms with Gasteiger partial charge in [-0.15, -0.1) is 0 Å². The van der Waals surface area contributed by atoms with E-state index in [9.17, 15) is 0 Å². The Morgan fingerprint density at radius 3 is 2.82 bits per heavy atom. The molecule has 0 aliphatic carbocycles. The molecule has 0 aromatic carbocycles. The predicted molar refractivity (Wildman–Crippen MR) is 71.0 cm³/mol. The predicted octanol–water partition coefficient (Wildman–Crippen LogP) is 2.00. The molecule has 3 nitrogen and oxygen atoms in total. The van der Waals surface area contributed by atoms with Gasteiger partial charge in [-0.05, 0) is 31.7 Å². The Morgan fingerprint density at radius 2 is 2.12 bits per heavy atom. The Balaban J connectivity index is 1.81. The average molecular weight is 240 g/mol. The Hall–Kier alpha value is -0.120. The second-order valence-corrected chi connectivity index (χ2v) is 5.74. The van der Waals surface area contributed by atoms with Crippen molar-refractivity contribution in [2.45, 2.75) is 64.1 Å². The van der Waals surface area contributed by atoms with Crippen LogP contribution in [0.15, 0.2) is 0 Å². The third kappa shape index (κ3) is 3.21. The molecule has 0 saturated carbocycles. The highest BCUT2D eigenvalue weighted by Gasteiger charge is 2.34. The quantitative estimate of drug-likeness (QED) is 0.799. The van der Waals surface area contributed by atoms with E-state index < -0.39 is 0 Å². The molecular formula is C14H28N2O. The number of nitrogens with two attached hydrogens (primary N) is 1. The van der Waals surface area contributed by atoms with Crippen molar-refractivity contribution < 1.29 is 4.74 Å². The van der Waals surface area contributed by atoms with Crippen molar-refractivity contribution in [1.29, 1.82) is 0 Å². The van der Waals surface area contributed by atoms with Crippen molar-refractivity contribution in [3.8, 4) is 0 Å². The van der Waals surface area contributed by atoms with Gasteiger partial charge in [0.25, 0.3) is 0 Å².